The lowest BCUT2D eigenvalue weighted by Gasteiger charge is -2.26. The molecule has 156 valence electrons. The summed E-state index contributed by atoms with van der Waals surface area (Å²) < 4.78 is 5.46. The number of amides is 1. The first-order valence-corrected chi connectivity index (χ1v) is 11.3. The van der Waals surface area contributed by atoms with Gasteiger partial charge in [0, 0.05) is 19.9 Å². The molecule has 2 unspecified atom stereocenters. The van der Waals surface area contributed by atoms with Gasteiger partial charge in [-0.2, -0.15) is 0 Å². The molecule has 1 fully saturated rings. The first-order chi connectivity index (χ1) is 12.9. The van der Waals surface area contributed by atoms with Crippen molar-refractivity contribution in [2.45, 2.75) is 96.0 Å². The van der Waals surface area contributed by atoms with Crippen molar-refractivity contribution in [1.82, 2.24) is 4.90 Å². The van der Waals surface area contributed by atoms with E-state index in [4.69, 9.17) is 9.84 Å². The SMILES string of the molecule is CCCCCC(CCC1SCC(=O)N1CCCCCCC(=O)O)OC(C)=O. The minimum Gasteiger partial charge on any atom is -0.481 e. The highest BCUT2D eigenvalue weighted by Crippen LogP contribution is 2.30. The number of carboxylic acid groups (broad SMARTS) is 1. The number of nitrogens with zero attached hydrogens (tertiary/aromatic N) is 1. The van der Waals surface area contributed by atoms with Crippen LogP contribution in [0.5, 0.6) is 0 Å². The topological polar surface area (TPSA) is 83.9 Å². The van der Waals surface area contributed by atoms with Crippen molar-refractivity contribution in [2.24, 2.45) is 0 Å². The number of aliphatic carboxylic acids is 1. The first kappa shape index (κ1) is 23.8. The lowest BCUT2D eigenvalue weighted by Crippen LogP contribution is -2.34. The zero-order valence-electron chi connectivity index (χ0n) is 16.8. The minimum absolute atomic E-state index is 0.0526. The summed E-state index contributed by atoms with van der Waals surface area (Å²) in [5, 5.41) is 8.82. The highest BCUT2D eigenvalue weighted by atomic mass is 32.2. The highest BCUT2D eigenvalue weighted by Gasteiger charge is 2.31. The van der Waals surface area contributed by atoms with Gasteiger partial charge in [-0.25, -0.2) is 0 Å². The maximum Gasteiger partial charge on any atom is 0.303 e. The van der Waals surface area contributed by atoms with Gasteiger partial charge < -0.3 is 14.7 Å². The van der Waals surface area contributed by atoms with Gasteiger partial charge in [-0.15, -0.1) is 11.8 Å². The standard InChI is InChI=1S/C20H35NO5S/c1-3-4-7-10-17(26-16(2)22)12-13-19-21(18(23)15-27-19)14-9-6-5-8-11-20(24)25/h17,19H,3-15H2,1-2H3,(H,24,25). The van der Waals surface area contributed by atoms with E-state index in [1.165, 1.54) is 6.92 Å². The Hall–Kier alpha value is -1.24. The lowest BCUT2D eigenvalue weighted by atomic mass is 10.1. The Bertz CT molecular complexity index is 471. The van der Waals surface area contributed by atoms with E-state index in [-0.39, 0.29) is 29.8 Å². The normalized spacial score (nSPS) is 17.9. The molecule has 1 rings (SSSR count). The number of unbranched alkanes of at least 4 members (excludes halogenated alkanes) is 5. The summed E-state index contributed by atoms with van der Waals surface area (Å²) in [5.41, 5.74) is 0. The van der Waals surface area contributed by atoms with Crippen molar-refractivity contribution in [3.05, 3.63) is 0 Å². The fourth-order valence-corrected chi connectivity index (χ4v) is 4.57. The number of esters is 1. The van der Waals surface area contributed by atoms with Crippen LogP contribution >= 0.6 is 11.8 Å². The average Bonchev–Trinajstić information content (AvgIpc) is 2.95. The van der Waals surface area contributed by atoms with Crippen LogP contribution in [-0.4, -0.2) is 51.6 Å². The predicted octanol–water partition coefficient (Wildman–Crippen LogP) is 4.22. The number of hydrogen-bond acceptors (Lipinski definition) is 5. The predicted molar refractivity (Wildman–Crippen MR) is 108 cm³/mol. The molecule has 0 aromatic carbocycles. The molecule has 0 bridgehead atoms. The molecule has 0 spiro atoms. The van der Waals surface area contributed by atoms with E-state index in [2.05, 4.69) is 6.92 Å². The molecule has 2 atom stereocenters. The fourth-order valence-electron chi connectivity index (χ4n) is 3.37. The van der Waals surface area contributed by atoms with Gasteiger partial charge in [-0.05, 0) is 38.5 Å². The Morgan fingerprint density at radius 1 is 1.19 bits per heavy atom. The van der Waals surface area contributed by atoms with Crippen molar-refractivity contribution in [3.63, 3.8) is 0 Å². The van der Waals surface area contributed by atoms with Crippen LogP contribution in [0.4, 0.5) is 0 Å². The second kappa shape index (κ2) is 13.9. The van der Waals surface area contributed by atoms with E-state index >= 15 is 0 Å². The number of carboxylic acids is 1. The zero-order valence-corrected chi connectivity index (χ0v) is 17.6. The molecule has 1 aliphatic heterocycles. The van der Waals surface area contributed by atoms with Crippen LogP contribution in [0, 0.1) is 0 Å². The first-order valence-electron chi connectivity index (χ1n) is 10.2. The van der Waals surface area contributed by atoms with Crippen LogP contribution in [0.25, 0.3) is 0 Å². The molecule has 1 saturated heterocycles. The minimum atomic E-state index is -0.748. The Labute approximate surface area is 167 Å². The van der Waals surface area contributed by atoms with Gasteiger partial charge in [0.05, 0.1) is 11.1 Å². The largest absolute Gasteiger partial charge is 0.481 e. The molecule has 1 heterocycles. The van der Waals surface area contributed by atoms with Gasteiger partial charge in [0.15, 0.2) is 0 Å². The summed E-state index contributed by atoms with van der Waals surface area (Å²) in [6, 6.07) is 0. The smallest absolute Gasteiger partial charge is 0.303 e. The molecule has 1 N–H and O–H groups in total. The van der Waals surface area contributed by atoms with E-state index in [0.29, 0.717) is 12.2 Å². The zero-order chi connectivity index (χ0) is 20.1. The molecule has 27 heavy (non-hydrogen) atoms. The molecule has 1 amide bonds. The van der Waals surface area contributed by atoms with Crippen molar-refractivity contribution in [3.8, 4) is 0 Å². The summed E-state index contributed by atoms with van der Waals surface area (Å²) in [5.74, 6) is -0.268. The molecule has 6 nitrogen and oxygen atoms in total. The number of carbonyl (C=O) groups is 3. The highest BCUT2D eigenvalue weighted by molar-refractivity contribution is 8.00. The van der Waals surface area contributed by atoms with Crippen LogP contribution in [0.1, 0.15) is 84.5 Å². The average molecular weight is 402 g/mol. The summed E-state index contributed by atoms with van der Waals surface area (Å²) in [6.07, 6.45) is 9.48. The van der Waals surface area contributed by atoms with Gasteiger partial charge >= 0.3 is 11.9 Å². The number of ether oxygens (including phenoxy) is 1. The molecular formula is C20H35NO5S. The third kappa shape index (κ3) is 10.6. The van der Waals surface area contributed by atoms with Crippen LogP contribution in [0.3, 0.4) is 0 Å². The van der Waals surface area contributed by atoms with Crippen molar-refractivity contribution in [2.75, 3.05) is 12.3 Å². The molecule has 0 saturated carbocycles. The Morgan fingerprint density at radius 2 is 1.93 bits per heavy atom. The summed E-state index contributed by atoms with van der Waals surface area (Å²) in [4.78, 5) is 36.0. The van der Waals surface area contributed by atoms with E-state index in [1.807, 2.05) is 4.90 Å². The fraction of sp³-hybridized carbons (Fsp3) is 0.850. The van der Waals surface area contributed by atoms with Gasteiger partial charge in [-0.3, -0.25) is 14.4 Å². The van der Waals surface area contributed by atoms with E-state index in [1.54, 1.807) is 11.8 Å². The van der Waals surface area contributed by atoms with Gasteiger partial charge in [0.1, 0.15) is 6.10 Å². The van der Waals surface area contributed by atoms with Crippen molar-refractivity contribution >= 4 is 29.6 Å². The maximum atomic E-state index is 12.2. The molecule has 0 aliphatic carbocycles. The Kier molecular flexibility index (Phi) is 12.2. The van der Waals surface area contributed by atoms with Crippen LogP contribution < -0.4 is 0 Å². The molecule has 7 heteroatoms. The summed E-state index contributed by atoms with van der Waals surface area (Å²) >= 11 is 1.68. The van der Waals surface area contributed by atoms with E-state index in [0.717, 1.165) is 64.3 Å². The third-order valence-corrected chi connectivity index (χ3v) is 6.09. The van der Waals surface area contributed by atoms with Crippen LogP contribution in [0.2, 0.25) is 0 Å². The molecule has 0 aromatic heterocycles. The number of hydrogen-bond donors (Lipinski definition) is 1. The molecule has 1 aliphatic rings. The number of rotatable bonds is 15. The monoisotopic (exact) mass is 401 g/mol. The second-order valence-electron chi connectivity index (χ2n) is 7.22. The maximum absolute atomic E-state index is 12.2. The number of carbonyl (C=O) groups excluding carboxylic acids is 2. The quantitative estimate of drug-likeness (QED) is 0.327. The van der Waals surface area contributed by atoms with Crippen LogP contribution in [-0.2, 0) is 19.1 Å². The van der Waals surface area contributed by atoms with E-state index in [9.17, 15) is 14.4 Å². The van der Waals surface area contributed by atoms with Gasteiger partial charge in [-0.1, -0.05) is 32.6 Å². The Balaban J connectivity index is 2.36. The summed E-state index contributed by atoms with van der Waals surface area (Å²) in [6.45, 7) is 4.34. The van der Waals surface area contributed by atoms with Gasteiger partial charge in [0.2, 0.25) is 5.91 Å². The second-order valence-corrected chi connectivity index (χ2v) is 8.38. The number of thioether (sulfide) groups is 1. The third-order valence-electron chi connectivity index (χ3n) is 4.80. The lowest BCUT2D eigenvalue weighted by molar-refractivity contribution is -0.147. The molecule has 0 aromatic rings. The Morgan fingerprint density at radius 3 is 2.59 bits per heavy atom. The van der Waals surface area contributed by atoms with Crippen molar-refractivity contribution in [1.29, 1.82) is 0 Å². The molecular weight excluding hydrogens is 366 g/mol. The summed E-state index contributed by atoms with van der Waals surface area (Å²) in [7, 11) is 0. The van der Waals surface area contributed by atoms with Gasteiger partial charge in [0.25, 0.3) is 0 Å². The van der Waals surface area contributed by atoms with Crippen LogP contribution in [0.15, 0.2) is 0 Å². The van der Waals surface area contributed by atoms with Crippen molar-refractivity contribution < 1.29 is 24.2 Å². The molecule has 0 radical (unpaired) electrons. The van der Waals surface area contributed by atoms with E-state index < -0.39 is 5.97 Å².